The molecule has 6 heteroatoms. The number of hydrogen-bond acceptors (Lipinski definition) is 4. The third kappa shape index (κ3) is 3.37. The summed E-state index contributed by atoms with van der Waals surface area (Å²) in [5.74, 6) is 0.411. The molecule has 0 unspecified atom stereocenters. The molecule has 1 aliphatic heterocycles. The molecule has 1 aromatic heterocycles. The fourth-order valence-corrected chi connectivity index (χ4v) is 3.14. The molecule has 2 aromatic rings. The maximum atomic E-state index is 12.3. The molecular weight excluding hydrogens is 312 g/mol. The Morgan fingerprint density at radius 1 is 1.26 bits per heavy atom. The van der Waals surface area contributed by atoms with Gasteiger partial charge in [-0.15, -0.1) is 11.3 Å². The van der Waals surface area contributed by atoms with Crippen LogP contribution in [0.5, 0.6) is 5.75 Å². The van der Waals surface area contributed by atoms with Gasteiger partial charge in [-0.2, -0.15) is 0 Å². The normalized spacial score (nSPS) is 14.2. The highest BCUT2D eigenvalue weighted by molar-refractivity contribution is 7.12. The number of nitrogens with one attached hydrogen (secondary N) is 1. The van der Waals surface area contributed by atoms with E-state index < -0.39 is 0 Å². The minimum atomic E-state index is -0.173. The molecule has 0 aliphatic carbocycles. The maximum Gasteiger partial charge on any atom is 0.263 e. The number of rotatable bonds is 5. The number of ether oxygens (including phenoxy) is 1. The Balaban J connectivity index is 1.56. The molecule has 0 bridgehead atoms. The standard InChI is InChI=1S/C17H18N2O3S/c1-2-22-14-7-4-3-6-13(14)18-16(20)12-10-19(11-12)17(21)15-8-5-9-23-15/h3-9,12H,2,10-11H2,1H3,(H,18,20). The Labute approximate surface area is 138 Å². The van der Waals surface area contributed by atoms with Gasteiger partial charge in [0, 0.05) is 13.1 Å². The summed E-state index contributed by atoms with van der Waals surface area (Å²) in [6.45, 7) is 3.36. The van der Waals surface area contributed by atoms with Gasteiger partial charge in [0.2, 0.25) is 5.91 Å². The summed E-state index contributed by atoms with van der Waals surface area (Å²) >= 11 is 1.42. The second-order valence-corrected chi connectivity index (χ2v) is 6.25. The summed E-state index contributed by atoms with van der Waals surface area (Å²) in [7, 11) is 0. The molecule has 1 aliphatic rings. The van der Waals surface area contributed by atoms with E-state index >= 15 is 0 Å². The van der Waals surface area contributed by atoms with Crippen molar-refractivity contribution in [3.8, 4) is 5.75 Å². The van der Waals surface area contributed by atoms with E-state index in [4.69, 9.17) is 4.74 Å². The second-order valence-electron chi connectivity index (χ2n) is 5.30. The van der Waals surface area contributed by atoms with E-state index in [9.17, 15) is 9.59 Å². The molecule has 1 aromatic carbocycles. The van der Waals surface area contributed by atoms with Gasteiger partial charge < -0.3 is 15.0 Å². The first-order valence-corrected chi connectivity index (χ1v) is 8.42. The molecule has 0 atom stereocenters. The van der Waals surface area contributed by atoms with E-state index in [2.05, 4.69) is 5.32 Å². The van der Waals surface area contributed by atoms with E-state index in [-0.39, 0.29) is 17.7 Å². The fraction of sp³-hybridized carbons (Fsp3) is 0.294. The SMILES string of the molecule is CCOc1ccccc1NC(=O)C1CN(C(=O)c2cccs2)C1. The first-order valence-electron chi connectivity index (χ1n) is 7.54. The number of nitrogens with zero attached hydrogens (tertiary/aromatic N) is 1. The Kier molecular flexibility index (Phi) is 4.62. The van der Waals surface area contributed by atoms with Crippen molar-refractivity contribution in [1.29, 1.82) is 0 Å². The van der Waals surface area contributed by atoms with E-state index in [1.54, 1.807) is 11.0 Å². The van der Waals surface area contributed by atoms with Gasteiger partial charge in [0.25, 0.3) is 5.91 Å². The number of para-hydroxylation sites is 2. The van der Waals surface area contributed by atoms with Gasteiger partial charge in [0.15, 0.2) is 0 Å². The monoisotopic (exact) mass is 330 g/mol. The second kappa shape index (κ2) is 6.83. The molecule has 0 radical (unpaired) electrons. The van der Waals surface area contributed by atoms with Gasteiger partial charge in [0.1, 0.15) is 5.75 Å². The maximum absolute atomic E-state index is 12.3. The summed E-state index contributed by atoms with van der Waals surface area (Å²) in [5, 5.41) is 4.77. The highest BCUT2D eigenvalue weighted by Gasteiger charge is 2.36. The highest BCUT2D eigenvalue weighted by atomic mass is 32.1. The highest BCUT2D eigenvalue weighted by Crippen LogP contribution is 2.26. The Bertz CT molecular complexity index is 694. The first kappa shape index (κ1) is 15.6. The van der Waals surface area contributed by atoms with Crippen molar-refractivity contribution in [2.24, 2.45) is 5.92 Å². The average Bonchev–Trinajstić information content (AvgIpc) is 3.02. The van der Waals surface area contributed by atoms with Crippen molar-refractivity contribution in [3.05, 3.63) is 46.7 Å². The minimum Gasteiger partial charge on any atom is -0.492 e. The number of anilines is 1. The molecule has 1 fully saturated rings. The number of carbonyl (C=O) groups excluding carboxylic acids is 2. The number of thiophene rings is 1. The van der Waals surface area contributed by atoms with Gasteiger partial charge in [-0.25, -0.2) is 0 Å². The Morgan fingerprint density at radius 3 is 2.74 bits per heavy atom. The topological polar surface area (TPSA) is 58.6 Å². The lowest BCUT2D eigenvalue weighted by Gasteiger charge is -2.38. The molecule has 1 N–H and O–H groups in total. The summed E-state index contributed by atoms with van der Waals surface area (Å²) in [4.78, 5) is 26.9. The van der Waals surface area contributed by atoms with Crippen LogP contribution in [0.15, 0.2) is 41.8 Å². The molecule has 1 saturated heterocycles. The van der Waals surface area contributed by atoms with Crippen LogP contribution in [-0.2, 0) is 4.79 Å². The summed E-state index contributed by atoms with van der Waals surface area (Å²) in [6, 6.07) is 11.0. The largest absolute Gasteiger partial charge is 0.492 e. The number of amides is 2. The predicted molar refractivity (Wildman–Crippen MR) is 90.0 cm³/mol. The molecule has 0 saturated carbocycles. The number of benzene rings is 1. The number of hydrogen-bond donors (Lipinski definition) is 1. The van der Waals surface area contributed by atoms with Crippen LogP contribution in [0, 0.1) is 5.92 Å². The predicted octanol–water partition coefficient (Wildman–Crippen LogP) is 2.86. The van der Waals surface area contributed by atoms with Gasteiger partial charge in [-0.1, -0.05) is 18.2 Å². The molecule has 2 amide bonds. The van der Waals surface area contributed by atoms with E-state index in [1.165, 1.54) is 11.3 Å². The molecule has 5 nitrogen and oxygen atoms in total. The van der Waals surface area contributed by atoms with E-state index in [0.29, 0.717) is 36.0 Å². The Morgan fingerprint density at radius 2 is 2.04 bits per heavy atom. The zero-order valence-corrected chi connectivity index (χ0v) is 13.6. The van der Waals surface area contributed by atoms with Gasteiger partial charge >= 0.3 is 0 Å². The fourth-order valence-electron chi connectivity index (χ4n) is 2.45. The molecule has 3 rings (SSSR count). The van der Waals surface area contributed by atoms with Crippen LogP contribution in [0.2, 0.25) is 0 Å². The zero-order chi connectivity index (χ0) is 16.2. The summed E-state index contributed by atoms with van der Waals surface area (Å²) < 4.78 is 5.50. The van der Waals surface area contributed by atoms with Crippen LogP contribution in [-0.4, -0.2) is 36.4 Å². The summed E-state index contributed by atoms with van der Waals surface area (Å²) in [5.41, 5.74) is 0.669. The van der Waals surface area contributed by atoms with Gasteiger partial charge in [-0.3, -0.25) is 9.59 Å². The van der Waals surface area contributed by atoms with Gasteiger partial charge in [-0.05, 0) is 30.5 Å². The summed E-state index contributed by atoms with van der Waals surface area (Å²) in [6.07, 6.45) is 0. The third-order valence-electron chi connectivity index (χ3n) is 3.72. The van der Waals surface area contributed by atoms with Crippen LogP contribution >= 0.6 is 11.3 Å². The lowest BCUT2D eigenvalue weighted by Crippen LogP contribution is -2.54. The molecular formula is C17H18N2O3S. The van der Waals surface area contributed by atoms with Crippen molar-refractivity contribution in [2.45, 2.75) is 6.92 Å². The van der Waals surface area contributed by atoms with Crippen LogP contribution in [0.4, 0.5) is 5.69 Å². The molecule has 23 heavy (non-hydrogen) atoms. The zero-order valence-electron chi connectivity index (χ0n) is 12.8. The van der Waals surface area contributed by atoms with Crippen LogP contribution in [0.25, 0.3) is 0 Å². The van der Waals surface area contributed by atoms with Crippen molar-refractivity contribution < 1.29 is 14.3 Å². The van der Waals surface area contributed by atoms with Crippen molar-refractivity contribution >= 4 is 28.8 Å². The number of carbonyl (C=O) groups is 2. The lowest BCUT2D eigenvalue weighted by atomic mass is 9.98. The van der Waals surface area contributed by atoms with Crippen molar-refractivity contribution in [3.63, 3.8) is 0 Å². The lowest BCUT2D eigenvalue weighted by molar-refractivity contribution is -0.123. The van der Waals surface area contributed by atoms with Crippen molar-refractivity contribution in [2.75, 3.05) is 25.0 Å². The van der Waals surface area contributed by atoms with Crippen LogP contribution in [0.3, 0.4) is 0 Å². The smallest absolute Gasteiger partial charge is 0.263 e. The van der Waals surface area contributed by atoms with Crippen molar-refractivity contribution in [1.82, 2.24) is 4.90 Å². The minimum absolute atomic E-state index is 0.00114. The Hall–Kier alpha value is -2.34. The van der Waals surface area contributed by atoms with Crippen LogP contribution < -0.4 is 10.1 Å². The third-order valence-corrected chi connectivity index (χ3v) is 4.57. The molecule has 120 valence electrons. The van der Waals surface area contributed by atoms with E-state index in [0.717, 1.165) is 0 Å². The quantitative estimate of drug-likeness (QED) is 0.917. The molecule has 2 heterocycles. The number of likely N-dealkylation sites (tertiary alicyclic amines) is 1. The van der Waals surface area contributed by atoms with Gasteiger partial charge in [0.05, 0.1) is 23.1 Å². The average molecular weight is 330 g/mol. The van der Waals surface area contributed by atoms with E-state index in [1.807, 2.05) is 42.6 Å². The van der Waals surface area contributed by atoms with Crippen LogP contribution in [0.1, 0.15) is 16.6 Å². The first-order chi connectivity index (χ1) is 11.2. The molecule has 0 spiro atoms.